The maximum absolute atomic E-state index is 12.9. The lowest BCUT2D eigenvalue weighted by Crippen LogP contribution is -2.40. The van der Waals surface area contributed by atoms with Crippen molar-refractivity contribution < 1.29 is 19.1 Å². The Morgan fingerprint density at radius 1 is 1.23 bits per heavy atom. The highest BCUT2D eigenvalue weighted by Crippen LogP contribution is 2.26. The van der Waals surface area contributed by atoms with Crippen LogP contribution < -0.4 is 10.1 Å². The Bertz CT molecular complexity index is 1070. The number of amides is 2. The number of carbonyl (C=O) groups is 2. The van der Waals surface area contributed by atoms with Crippen LogP contribution in [0.25, 0.3) is 0 Å². The summed E-state index contributed by atoms with van der Waals surface area (Å²) in [7, 11) is 1.53. The number of aromatic nitrogens is 3. The summed E-state index contributed by atoms with van der Waals surface area (Å²) in [4.78, 5) is 37.2. The third kappa shape index (κ3) is 4.89. The molecule has 0 radical (unpaired) electrons. The van der Waals surface area contributed by atoms with Gasteiger partial charge in [-0.25, -0.2) is 9.97 Å². The molecule has 1 fully saturated rings. The van der Waals surface area contributed by atoms with Crippen LogP contribution in [0.5, 0.6) is 5.88 Å². The second-order valence-electron chi connectivity index (χ2n) is 6.81. The third-order valence-electron chi connectivity index (χ3n) is 4.74. The number of thiazole rings is 1. The molecule has 0 unspecified atom stereocenters. The maximum Gasteiger partial charge on any atom is 0.265 e. The molecule has 0 atom stereocenters. The Morgan fingerprint density at radius 2 is 2.03 bits per heavy atom. The van der Waals surface area contributed by atoms with Crippen molar-refractivity contribution in [3.05, 3.63) is 50.5 Å². The molecule has 0 bridgehead atoms. The van der Waals surface area contributed by atoms with Crippen LogP contribution in [0.1, 0.15) is 35.6 Å². The van der Waals surface area contributed by atoms with Crippen molar-refractivity contribution in [1.29, 1.82) is 0 Å². The SMILES string of the molecule is COc1ccc(NC(=O)c2c(C)nsc2Cc2ncc(C(=O)N3CCOCC3)s2)cn1. The van der Waals surface area contributed by atoms with Gasteiger partial charge in [-0.1, -0.05) is 0 Å². The highest BCUT2D eigenvalue weighted by atomic mass is 32.1. The number of hydrogen-bond donors (Lipinski definition) is 1. The van der Waals surface area contributed by atoms with Crippen LogP contribution >= 0.6 is 22.9 Å². The molecule has 31 heavy (non-hydrogen) atoms. The fourth-order valence-corrected chi connectivity index (χ4v) is 5.01. The van der Waals surface area contributed by atoms with Crippen molar-refractivity contribution in [2.24, 2.45) is 0 Å². The number of anilines is 1. The molecule has 0 saturated carbocycles. The smallest absolute Gasteiger partial charge is 0.265 e. The number of nitrogens with zero attached hydrogens (tertiary/aromatic N) is 4. The molecule has 0 spiro atoms. The molecule has 0 aliphatic carbocycles. The van der Waals surface area contributed by atoms with E-state index in [1.165, 1.54) is 36.2 Å². The molecule has 2 amide bonds. The van der Waals surface area contributed by atoms with E-state index in [9.17, 15) is 9.59 Å². The normalized spacial score (nSPS) is 13.8. The van der Waals surface area contributed by atoms with Crippen LogP contribution in [0.2, 0.25) is 0 Å². The molecule has 162 valence electrons. The summed E-state index contributed by atoms with van der Waals surface area (Å²) in [5.74, 6) is 0.185. The molecule has 4 rings (SSSR count). The Kier molecular flexibility index (Phi) is 6.54. The Labute approximate surface area is 187 Å². The van der Waals surface area contributed by atoms with Gasteiger partial charge in [0, 0.05) is 30.5 Å². The summed E-state index contributed by atoms with van der Waals surface area (Å²) in [6.07, 6.45) is 3.58. The summed E-state index contributed by atoms with van der Waals surface area (Å²) >= 11 is 2.62. The predicted octanol–water partition coefficient (Wildman–Crippen LogP) is 2.63. The summed E-state index contributed by atoms with van der Waals surface area (Å²) in [5, 5.41) is 3.61. The zero-order valence-electron chi connectivity index (χ0n) is 17.1. The van der Waals surface area contributed by atoms with Crippen molar-refractivity contribution in [3.63, 3.8) is 0 Å². The zero-order chi connectivity index (χ0) is 21.8. The van der Waals surface area contributed by atoms with E-state index in [1.54, 1.807) is 30.2 Å². The van der Waals surface area contributed by atoms with Gasteiger partial charge in [-0.05, 0) is 24.5 Å². The lowest BCUT2D eigenvalue weighted by molar-refractivity contribution is 0.0306. The van der Waals surface area contributed by atoms with E-state index in [4.69, 9.17) is 9.47 Å². The predicted molar refractivity (Wildman–Crippen MR) is 117 cm³/mol. The number of nitrogens with one attached hydrogen (secondary N) is 1. The van der Waals surface area contributed by atoms with Crippen molar-refractivity contribution in [3.8, 4) is 5.88 Å². The van der Waals surface area contributed by atoms with E-state index in [0.717, 1.165) is 9.88 Å². The van der Waals surface area contributed by atoms with E-state index in [1.807, 2.05) is 0 Å². The van der Waals surface area contributed by atoms with E-state index in [0.29, 0.717) is 60.4 Å². The Balaban J connectivity index is 1.47. The first-order chi connectivity index (χ1) is 15.0. The molecule has 9 nitrogen and oxygen atoms in total. The molecule has 11 heteroatoms. The first-order valence-electron chi connectivity index (χ1n) is 9.63. The van der Waals surface area contributed by atoms with Crippen LogP contribution in [0.3, 0.4) is 0 Å². The van der Waals surface area contributed by atoms with Gasteiger partial charge in [-0.3, -0.25) is 9.59 Å². The molecule has 1 saturated heterocycles. The molecule has 3 aromatic heterocycles. The maximum atomic E-state index is 12.9. The number of ether oxygens (including phenoxy) is 2. The fraction of sp³-hybridized carbons (Fsp3) is 0.350. The minimum atomic E-state index is -0.255. The third-order valence-corrected chi connectivity index (χ3v) is 6.66. The topological polar surface area (TPSA) is 107 Å². The number of carbonyl (C=O) groups excluding carboxylic acids is 2. The van der Waals surface area contributed by atoms with Crippen molar-refractivity contribution in [2.45, 2.75) is 13.3 Å². The molecule has 4 heterocycles. The van der Waals surface area contributed by atoms with Gasteiger partial charge in [0.25, 0.3) is 11.8 Å². The molecule has 1 aliphatic heterocycles. The number of hydrogen-bond acceptors (Lipinski definition) is 9. The van der Waals surface area contributed by atoms with Crippen LogP contribution in [0, 0.1) is 6.92 Å². The average Bonchev–Trinajstić information content (AvgIpc) is 3.41. The Morgan fingerprint density at radius 3 is 2.74 bits per heavy atom. The molecule has 1 N–H and O–H groups in total. The van der Waals surface area contributed by atoms with Crippen LogP contribution in [0.15, 0.2) is 24.5 Å². The molecular weight excluding hydrogens is 438 g/mol. The van der Waals surface area contributed by atoms with Gasteiger partial charge in [0.2, 0.25) is 5.88 Å². The standard InChI is InChI=1S/C20H21N5O4S2/c1-12-18(19(26)23-13-3-4-16(28-2)21-10-13)14(31-24-12)9-17-22-11-15(30-17)20(27)25-5-7-29-8-6-25/h3-4,10-11H,5-9H2,1-2H3,(H,23,26). The Hall–Kier alpha value is -2.89. The van der Waals surface area contributed by atoms with Crippen molar-refractivity contribution >= 4 is 40.4 Å². The second kappa shape index (κ2) is 9.50. The summed E-state index contributed by atoms with van der Waals surface area (Å²) in [5.41, 5.74) is 1.74. The lowest BCUT2D eigenvalue weighted by Gasteiger charge is -2.26. The monoisotopic (exact) mass is 459 g/mol. The number of pyridine rings is 1. The summed E-state index contributed by atoms with van der Waals surface area (Å²) in [6.45, 7) is 4.09. The number of rotatable bonds is 6. The van der Waals surface area contributed by atoms with Crippen molar-refractivity contribution in [1.82, 2.24) is 19.2 Å². The van der Waals surface area contributed by atoms with Crippen LogP contribution in [-0.2, 0) is 11.2 Å². The minimum Gasteiger partial charge on any atom is -0.481 e. The quantitative estimate of drug-likeness (QED) is 0.604. The highest BCUT2D eigenvalue weighted by molar-refractivity contribution is 7.13. The molecular formula is C20H21N5O4S2. The van der Waals surface area contributed by atoms with Gasteiger partial charge in [0.1, 0.15) is 4.88 Å². The van der Waals surface area contributed by atoms with Gasteiger partial charge in [0.15, 0.2) is 0 Å². The van der Waals surface area contributed by atoms with E-state index in [-0.39, 0.29) is 11.8 Å². The van der Waals surface area contributed by atoms with Crippen LogP contribution in [-0.4, -0.2) is 64.5 Å². The minimum absolute atomic E-state index is 0.0301. The van der Waals surface area contributed by atoms with E-state index in [2.05, 4.69) is 19.7 Å². The first kappa shape index (κ1) is 21.3. The van der Waals surface area contributed by atoms with Gasteiger partial charge in [-0.2, -0.15) is 4.37 Å². The number of methoxy groups -OCH3 is 1. The van der Waals surface area contributed by atoms with Crippen LogP contribution in [0.4, 0.5) is 5.69 Å². The van der Waals surface area contributed by atoms with Gasteiger partial charge < -0.3 is 19.7 Å². The zero-order valence-corrected chi connectivity index (χ0v) is 18.7. The molecule has 0 aromatic carbocycles. The average molecular weight is 460 g/mol. The van der Waals surface area contributed by atoms with E-state index >= 15 is 0 Å². The highest BCUT2D eigenvalue weighted by Gasteiger charge is 2.23. The first-order valence-corrected chi connectivity index (χ1v) is 11.2. The molecule has 3 aromatic rings. The van der Waals surface area contributed by atoms with Gasteiger partial charge in [0.05, 0.1) is 54.7 Å². The van der Waals surface area contributed by atoms with Gasteiger partial charge in [-0.15, -0.1) is 11.3 Å². The van der Waals surface area contributed by atoms with Crippen molar-refractivity contribution in [2.75, 3.05) is 38.7 Å². The number of aryl methyl sites for hydroxylation is 1. The number of morpholine rings is 1. The lowest BCUT2D eigenvalue weighted by atomic mass is 10.1. The second-order valence-corrected chi connectivity index (χ2v) is 8.78. The van der Waals surface area contributed by atoms with E-state index < -0.39 is 0 Å². The fourth-order valence-electron chi connectivity index (χ4n) is 3.15. The van der Waals surface area contributed by atoms with Gasteiger partial charge >= 0.3 is 0 Å². The summed E-state index contributed by atoms with van der Waals surface area (Å²) < 4.78 is 14.7. The molecule has 1 aliphatic rings. The summed E-state index contributed by atoms with van der Waals surface area (Å²) in [6, 6.07) is 3.40. The largest absolute Gasteiger partial charge is 0.481 e.